The van der Waals surface area contributed by atoms with Crippen LogP contribution in [0.3, 0.4) is 0 Å². The van der Waals surface area contributed by atoms with Crippen molar-refractivity contribution in [2.24, 2.45) is 0 Å². The van der Waals surface area contributed by atoms with Gasteiger partial charge < -0.3 is 9.90 Å². The first-order valence-corrected chi connectivity index (χ1v) is 8.55. The Bertz CT molecular complexity index is 932. The van der Waals surface area contributed by atoms with Crippen LogP contribution in [-0.4, -0.2) is 11.0 Å². The maximum Gasteiger partial charge on any atom is 0.115 e. The summed E-state index contributed by atoms with van der Waals surface area (Å²) in [7, 11) is 0. The fourth-order valence-electron chi connectivity index (χ4n) is 2.29. The molecule has 0 spiro atoms. The molecule has 0 aliphatic carbocycles. The number of aromatic carboxylic acids is 1. The SMILES string of the molecule is N#Cc1ccc(-c2ccccc2)nc1SCc1ccc(C(=O)[O-])cc1. The molecule has 4 nitrogen and oxygen atoms in total. The van der Waals surface area contributed by atoms with Gasteiger partial charge in [-0.15, -0.1) is 11.8 Å². The molecule has 0 fully saturated rings. The molecular weight excluding hydrogens is 332 g/mol. The first-order valence-electron chi connectivity index (χ1n) is 7.57. The number of nitriles is 1. The van der Waals surface area contributed by atoms with E-state index in [9.17, 15) is 15.2 Å². The third-order valence-corrected chi connectivity index (χ3v) is 4.68. The van der Waals surface area contributed by atoms with Gasteiger partial charge in [0.15, 0.2) is 0 Å². The summed E-state index contributed by atoms with van der Waals surface area (Å²) in [5, 5.41) is 20.7. The molecule has 1 heterocycles. The van der Waals surface area contributed by atoms with Gasteiger partial charge in [-0.2, -0.15) is 5.26 Å². The van der Waals surface area contributed by atoms with Gasteiger partial charge in [0.2, 0.25) is 0 Å². The van der Waals surface area contributed by atoms with Crippen LogP contribution in [-0.2, 0) is 5.75 Å². The number of carbonyl (C=O) groups is 1. The third-order valence-electron chi connectivity index (χ3n) is 3.62. The second-order valence-electron chi connectivity index (χ2n) is 5.30. The predicted octanol–water partition coefficient (Wildman–Crippen LogP) is 3.28. The molecule has 0 N–H and O–H groups in total. The third kappa shape index (κ3) is 4.06. The molecule has 0 saturated carbocycles. The highest BCUT2D eigenvalue weighted by Crippen LogP contribution is 2.27. The monoisotopic (exact) mass is 345 g/mol. The summed E-state index contributed by atoms with van der Waals surface area (Å²) in [5.74, 6) is -0.601. The lowest BCUT2D eigenvalue weighted by Gasteiger charge is -2.08. The standard InChI is InChI=1S/C20H14N2O2S/c21-12-17-10-11-18(15-4-2-1-3-5-15)22-19(17)25-13-14-6-8-16(9-7-14)20(23)24/h1-11H,13H2,(H,23,24)/p-1. The number of pyridine rings is 1. The van der Waals surface area contributed by atoms with Gasteiger partial charge in [-0.1, -0.05) is 54.6 Å². The van der Waals surface area contributed by atoms with Gasteiger partial charge in [0.1, 0.15) is 11.1 Å². The van der Waals surface area contributed by atoms with Crippen LogP contribution in [0.5, 0.6) is 0 Å². The van der Waals surface area contributed by atoms with Crippen LogP contribution >= 0.6 is 11.8 Å². The largest absolute Gasteiger partial charge is 0.545 e. The first-order chi connectivity index (χ1) is 12.2. The minimum Gasteiger partial charge on any atom is -0.545 e. The summed E-state index contributed by atoms with van der Waals surface area (Å²) < 4.78 is 0. The molecule has 0 aliphatic rings. The Balaban J connectivity index is 1.81. The number of benzene rings is 2. The molecule has 0 aliphatic heterocycles. The van der Waals surface area contributed by atoms with E-state index in [4.69, 9.17) is 0 Å². The van der Waals surface area contributed by atoms with E-state index in [1.807, 2.05) is 36.4 Å². The van der Waals surface area contributed by atoms with Crippen molar-refractivity contribution in [1.29, 1.82) is 5.26 Å². The zero-order valence-corrected chi connectivity index (χ0v) is 14.0. The topological polar surface area (TPSA) is 76.8 Å². The molecule has 0 bridgehead atoms. The minimum atomic E-state index is -1.19. The Kier molecular flexibility index (Phi) is 5.12. The van der Waals surface area contributed by atoms with E-state index in [0.29, 0.717) is 16.3 Å². The lowest BCUT2D eigenvalue weighted by atomic mass is 10.1. The van der Waals surface area contributed by atoms with Crippen molar-refractivity contribution in [3.63, 3.8) is 0 Å². The highest BCUT2D eigenvalue weighted by molar-refractivity contribution is 7.98. The Morgan fingerprint density at radius 2 is 1.76 bits per heavy atom. The van der Waals surface area contributed by atoms with Crippen molar-refractivity contribution in [2.45, 2.75) is 10.8 Å². The van der Waals surface area contributed by atoms with Crippen LogP contribution in [0.25, 0.3) is 11.3 Å². The molecule has 122 valence electrons. The molecule has 0 amide bonds. The molecule has 0 unspecified atom stereocenters. The predicted molar refractivity (Wildman–Crippen MR) is 94.7 cm³/mol. The zero-order chi connectivity index (χ0) is 17.6. The smallest absolute Gasteiger partial charge is 0.115 e. The highest BCUT2D eigenvalue weighted by Gasteiger charge is 2.08. The average molecular weight is 345 g/mol. The van der Waals surface area contributed by atoms with Crippen molar-refractivity contribution in [1.82, 2.24) is 4.98 Å². The summed E-state index contributed by atoms with van der Waals surface area (Å²) in [4.78, 5) is 15.4. The van der Waals surface area contributed by atoms with E-state index in [1.54, 1.807) is 18.2 Å². The van der Waals surface area contributed by atoms with Gasteiger partial charge in [-0.25, -0.2) is 4.98 Å². The van der Waals surface area contributed by atoms with Crippen LogP contribution in [0.4, 0.5) is 0 Å². The molecule has 5 heteroatoms. The van der Waals surface area contributed by atoms with Crippen molar-refractivity contribution in [3.8, 4) is 17.3 Å². The number of hydrogen-bond donors (Lipinski definition) is 0. The fraction of sp³-hybridized carbons (Fsp3) is 0.0500. The second-order valence-corrected chi connectivity index (χ2v) is 6.26. The van der Waals surface area contributed by atoms with Gasteiger partial charge in [0, 0.05) is 11.3 Å². The maximum absolute atomic E-state index is 10.8. The van der Waals surface area contributed by atoms with Crippen LogP contribution in [0, 0.1) is 11.3 Å². The summed E-state index contributed by atoms with van der Waals surface area (Å²) in [5.41, 5.74) is 3.43. The molecule has 2 aromatic carbocycles. The molecular formula is C20H13N2O2S-. The number of rotatable bonds is 5. The number of hydrogen-bond acceptors (Lipinski definition) is 5. The lowest BCUT2D eigenvalue weighted by Crippen LogP contribution is -2.21. The van der Waals surface area contributed by atoms with Crippen molar-refractivity contribution >= 4 is 17.7 Å². The molecule has 0 atom stereocenters. The summed E-state index contributed by atoms with van der Waals surface area (Å²) in [6.45, 7) is 0. The molecule has 1 aromatic heterocycles. The summed E-state index contributed by atoms with van der Waals surface area (Å²) >= 11 is 1.45. The number of nitrogens with zero attached hydrogens (tertiary/aromatic N) is 2. The number of thioether (sulfide) groups is 1. The molecule has 3 aromatic rings. The van der Waals surface area contributed by atoms with Crippen molar-refractivity contribution in [3.05, 3.63) is 83.4 Å². The molecule has 3 rings (SSSR count). The number of aromatic nitrogens is 1. The van der Waals surface area contributed by atoms with E-state index < -0.39 is 5.97 Å². The van der Waals surface area contributed by atoms with Crippen LogP contribution in [0.15, 0.2) is 71.8 Å². The van der Waals surface area contributed by atoms with Gasteiger partial charge in [0.25, 0.3) is 0 Å². The zero-order valence-electron chi connectivity index (χ0n) is 13.2. The van der Waals surface area contributed by atoms with Crippen molar-refractivity contribution in [2.75, 3.05) is 0 Å². The van der Waals surface area contributed by atoms with E-state index in [0.717, 1.165) is 16.8 Å². The van der Waals surface area contributed by atoms with Gasteiger partial charge in [0.05, 0.1) is 17.2 Å². The van der Waals surface area contributed by atoms with Crippen molar-refractivity contribution < 1.29 is 9.90 Å². The number of carbonyl (C=O) groups excluding carboxylic acids is 1. The van der Waals surface area contributed by atoms with E-state index in [2.05, 4.69) is 11.1 Å². The Morgan fingerprint density at radius 1 is 1.04 bits per heavy atom. The van der Waals surface area contributed by atoms with Gasteiger partial charge in [-0.05, 0) is 23.3 Å². The van der Waals surface area contributed by atoms with Crippen LogP contribution in [0.2, 0.25) is 0 Å². The van der Waals surface area contributed by atoms with E-state index in [1.165, 1.54) is 23.9 Å². The molecule has 25 heavy (non-hydrogen) atoms. The highest BCUT2D eigenvalue weighted by atomic mass is 32.2. The lowest BCUT2D eigenvalue weighted by molar-refractivity contribution is -0.255. The maximum atomic E-state index is 10.8. The first kappa shape index (κ1) is 16.7. The molecule has 0 radical (unpaired) electrons. The van der Waals surface area contributed by atoms with E-state index >= 15 is 0 Å². The minimum absolute atomic E-state index is 0.149. The van der Waals surface area contributed by atoms with Gasteiger partial charge >= 0.3 is 0 Å². The van der Waals surface area contributed by atoms with E-state index in [-0.39, 0.29) is 5.56 Å². The summed E-state index contributed by atoms with van der Waals surface area (Å²) in [6.07, 6.45) is 0. The Labute approximate surface area is 149 Å². The Morgan fingerprint density at radius 3 is 2.40 bits per heavy atom. The number of carboxylic acid groups (broad SMARTS) is 1. The molecule has 0 saturated heterocycles. The number of carboxylic acids is 1. The Hall–Kier alpha value is -3.10. The second kappa shape index (κ2) is 7.65. The average Bonchev–Trinajstić information content (AvgIpc) is 2.67. The van der Waals surface area contributed by atoms with Crippen LogP contribution < -0.4 is 5.11 Å². The van der Waals surface area contributed by atoms with Gasteiger partial charge in [-0.3, -0.25) is 0 Å². The summed E-state index contributed by atoms with van der Waals surface area (Å²) in [6, 6.07) is 22.1. The normalized spacial score (nSPS) is 10.2. The fourth-order valence-corrected chi connectivity index (χ4v) is 3.22. The quantitative estimate of drug-likeness (QED) is 0.663. The van der Waals surface area contributed by atoms with Crippen LogP contribution in [0.1, 0.15) is 21.5 Å².